The lowest BCUT2D eigenvalue weighted by atomic mass is 9.98. The Bertz CT molecular complexity index is 223. The first-order chi connectivity index (χ1) is 9.15. The maximum absolute atomic E-state index is 9.88. The van der Waals surface area contributed by atoms with Gasteiger partial charge in [-0.25, -0.2) is 0 Å². The van der Waals surface area contributed by atoms with Crippen molar-refractivity contribution in [2.45, 2.75) is 71.4 Å². The van der Waals surface area contributed by atoms with Gasteiger partial charge in [-0.15, -0.1) is 0 Å². The molecule has 4 unspecified atom stereocenters. The molecule has 3 nitrogen and oxygen atoms in total. The summed E-state index contributed by atoms with van der Waals surface area (Å²) in [5.41, 5.74) is 0. The fraction of sp³-hybridized carbons (Fsp3) is 1.00. The van der Waals surface area contributed by atoms with Crippen molar-refractivity contribution in [1.82, 2.24) is 5.32 Å². The van der Waals surface area contributed by atoms with Gasteiger partial charge in [0.1, 0.15) is 0 Å². The molecule has 19 heavy (non-hydrogen) atoms. The Morgan fingerprint density at radius 1 is 1.21 bits per heavy atom. The minimum atomic E-state index is -0.366. The third-order valence-electron chi connectivity index (χ3n) is 4.53. The lowest BCUT2D eigenvalue weighted by molar-refractivity contribution is 0.0335. The highest BCUT2D eigenvalue weighted by atomic mass is 16.5. The average molecular weight is 271 g/mol. The van der Waals surface area contributed by atoms with Crippen molar-refractivity contribution in [3.05, 3.63) is 0 Å². The van der Waals surface area contributed by atoms with E-state index in [1.54, 1.807) is 0 Å². The smallest absolute Gasteiger partial charge is 0.0897 e. The number of ether oxygens (including phenoxy) is 1. The van der Waals surface area contributed by atoms with Crippen molar-refractivity contribution >= 4 is 0 Å². The van der Waals surface area contributed by atoms with Crippen LogP contribution >= 0.6 is 0 Å². The molecule has 1 saturated carbocycles. The molecule has 0 heterocycles. The zero-order chi connectivity index (χ0) is 14.1. The lowest BCUT2D eigenvalue weighted by Gasteiger charge is -2.21. The molecule has 0 spiro atoms. The molecule has 114 valence electrons. The summed E-state index contributed by atoms with van der Waals surface area (Å²) in [6.07, 6.45) is 7.08. The summed E-state index contributed by atoms with van der Waals surface area (Å²) in [4.78, 5) is 0. The first-order valence-electron chi connectivity index (χ1n) is 8.14. The molecule has 1 aliphatic rings. The van der Waals surface area contributed by atoms with E-state index in [1.165, 1.54) is 32.1 Å². The molecule has 0 saturated heterocycles. The third-order valence-corrected chi connectivity index (χ3v) is 4.53. The van der Waals surface area contributed by atoms with Crippen LogP contribution in [0.2, 0.25) is 0 Å². The minimum Gasteiger partial charge on any atom is -0.389 e. The molecule has 0 amide bonds. The second kappa shape index (κ2) is 9.73. The standard InChI is InChI=1S/C16H33NO2/c1-4-5-6-7-10-19-12-15(18)11-17-16-9-8-13(2)14(16)3/h13-18H,4-12H2,1-3H3. The van der Waals surface area contributed by atoms with E-state index in [4.69, 9.17) is 4.74 Å². The molecule has 0 aromatic carbocycles. The first kappa shape index (κ1) is 16.9. The van der Waals surface area contributed by atoms with Gasteiger partial charge in [-0.2, -0.15) is 0 Å². The van der Waals surface area contributed by atoms with E-state index in [9.17, 15) is 5.11 Å². The molecular weight excluding hydrogens is 238 g/mol. The zero-order valence-corrected chi connectivity index (χ0v) is 13.0. The van der Waals surface area contributed by atoms with Gasteiger partial charge in [-0.3, -0.25) is 0 Å². The quantitative estimate of drug-likeness (QED) is 0.600. The van der Waals surface area contributed by atoms with Crippen molar-refractivity contribution in [2.75, 3.05) is 19.8 Å². The topological polar surface area (TPSA) is 41.5 Å². The Balaban J connectivity index is 1.97. The predicted molar refractivity (Wildman–Crippen MR) is 80.3 cm³/mol. The Labute approximate surface area is 119 Å². The van der Waals surface area contributed by atoms with Crippen molar-refractivity contribution in [2.24, 2.45) is 11.8 Å². The highest BCUT2D eigenvalue weighted by Crippen LogP contribution is 2.30. The average Bonchev–Trinajstić information content (AvgIpc) is 2.72. The molecule has 1 fully saturated rings. The van der Waals surface area contributed by atoms with Crippen molar-refractivity contribution in [1.29, 1.82) is 0 Å². The van der Waals surface area contributed by atoms with Gasteiger partial charge in [-0.05, 0) is 31.1 Å². The Morgan fingerprint density at radius 2 is 2.00 bits per heavy atom. The van der Waals surface area contributed by atoms with E-state index in [1.807, 2.05) is 0 Å². The normalized spacial score (nSPS) is 28.7. The van der Waals surface area contributed by atoms with Gasteiger partial charge in [0.2, 0.25) is 0 Å². The molecular formula is C16H33NO2. The van der Waals surface area contributed by atoms with Gasteiger partial charge in [-0.1, -0.05) is 40.0 Å². The minimum absolute atomic E-state index is 0.366. The molecule has 3 heteroatoms. The van der Waals surface area contributed by atoms with E-state index in [0.29, 0.717) is 19.2 Å². The van der Waals surface area contributed by atoms with Gasteiger partial charge < -0.3 is 15.2 Å². The van der Waals surface area contributed by atoms with Crippen LogP contribution in [-0.4, -0.2) is 37.0 Å². The lowest BCUT2D eigenvalue weighted by Crippen LogP contribution is -2.39. The summed E-state index contributed by atoms with van der Waals surface area (Å²) in [6.45, 7) is 8.76. The molecule has 1 rings (SSSR count). The fourth-order valence-corrected chi connectivity index (χ4v) is 2.85. The van der Waals surface area contributed by atoms with Crippen LogP contribution in [0.3, 0.4) is 0 Å². The number of unbranched alkanes of at least 4 members (excludes halogenated alkanes) is 3. The molecule has 0 aromatic heterocycles. The Morgan fingerprint density at radius 3 is 2.63 bits per heavy atom. The summed E-state index contributed by atoms with van der Waals surface area (Å²) in [5.74, 6) is 1.53. The second-order valence-corrected chi connectivity index (χ2v) is 6.22. The summed E-state index contributed by atoms with van der Waals surface area (Å²) < 4.78 is 5.52. The van der Waals surface area contributed by atoms with Gasteiger partial charge in [0.05, 0.1) is 12.7 Å². The van der Waals surface area contributed by atoms with Crippen LogP contribution < -0.4 is 5.32 Å². The SMILES string of the molecule is CCCCCCOCC(O)CNC1CCC(C)C1C. The van der Waals surface area contributed by atoms with Crippen LogP contribution in [0.4, 0.5) is 0 Å². The Kier molecular flexibility index (Phi) is 8.67. The first-order valence-corrected chi connectivity index (χ1v) is 8.14. The van der Waals surface area contributed by atoms with Crippen LogP contribution in [0.25, 0.3) is 0 Å². The number of aliphatic hydroxyl groups excluding tert-OH is 1. The largest absolute Gasteiger partial charge is 0.389 e. The van der Waals surface area contributed by atoms with Crippen molar-refractivity contribution in [3.63, 3.8) is 0 Å². The van der Waals surface area contributed by atoms with Gasteiger partial charge in [0, 0.05) is 19.2 Å². The number of nitrogens with one attached hydrogen (secondary N) is 1. The van der Waals surface area contributed by atoms with Crippen LogP contribution in [0.1, 0.15) is 59.3 Å². The molecule has 1 aliphatic carbocycles. The molecule has 4 atom stereocenters. The summed E-state index contributed by atoms with van der Waals surface area (Å²) in [6, 6.07) is 0.578. The van der Waals surface area contributed by atoms with E-state index in [2.05, 4.69) is 26.1 Å². The second-order valence-electron chi connectivity index (χ2n) is 6.22. The van der Waals surface area contributed by atoms with Gasteiger partial charge in [0.15, 0.2) is 0 Å². The maximum Gasteiger partial charge on any atom is 0.0897 e. The van der Waals surface area contributed by atoms with E-state index in [0.717, 1.165) is 24.9 Å². The summed E-state index contributed by atoms with van der Waals surface area (Å²) in [7, 11) is 0. The zero-order valence-electron chi connectivity index (χ0n) is 13.0. The van der Waals surface area contributed by atoms with Crippen LogP contribution in [0.5, 0.6) is 0 Å². The number of hydrogen-bond donors (Lipinski definition) is 2. The fourth-order valence-electron chi connectivity index (χ4n) is 2.85. The van der Waals surface area contributed by atoms with Crippen LogP contribution in [-0.2, 0) is 4.74 Å². The Hall–Kier alpha value is -0.120. The molecule has 0 aliphatic heterocycles. The molecule has 0 radical (unpaired) electrons. The highest BCUT2D eigenvalue weighted by Gasteiger charge is 2.29. The summed E-state index contributed by atoms with van der Waals surface area (Å²) in [5, 5.41) is 13.4. The number of hydrogen-bond acceptors (Lipinski definition) is 3. The molecule has 2 N–H and O–H groups in total. The molecule has 0 aromatic rings. The van der Waals surface area contributed by atoms with Crippen molar-refractivity contribution < 1.29 is 9.84 Å². The third kappa shape index (κ3) is 6.73. The van der Waals surface area contributed by atoms with E-state index < -0.39 is 0 Å². The summed E-state index contributed by atoms with van der Waals surface area (Å²) >= 11 is 0. The predicted octanol–water partition coefficient (Wildman–Crippen LogP) is 2.97. The number of aliphatic hydroxyl groups is 1. The number of rotatable bonds is 10. The van der Waals surface area contributed by atoms with Gasteiger partial charge in [0.25, 0.3) is 0 Å². The van der Waals surface area contributed by atoms with E-state index >= 15 is 0 Å². The highest BCUT2D eigenvalue weighted by molar-refractivity contribution is 4.85. The van der Waals surface area contributed by atoms with Crippen molar-refractivity contribution in [3.8, 4) is 0 Å². The molecule has 0 bridgehead atoms. The van der Waals surface area contributed by atoms with Crippen LogP contribution in [0, 0.1) is 11.8 Å². The van der Waals surface area contributed by atoms with Crippen LogP contribution in [0.15, 0.2) is 0 Å². The van der Waals surface area contributed by atoms with E-state index in [-0.39, 0.29) is 6.10 Å². The maximum atomic E-state index is 9.88. The monoisotopic (exact) mass is 271 g/mol. The van der Waals surface area contributed by atoms with Gasteiger partial charge >= 0.3 is 0 Å².